The molecule has 1 aromatic heterocycles. The molecule has 0 saturated heterocycles. The Bertz CT molecular complexity index is 1300. The molecule has 2 aromatic carbocycles. The third kappa shape index (κ3) is 5.92. The van der Waals surface area contributed by atoms with Crippen LogP contribution in [0.3, 0.4) is 0 Å². The van der Waals surface area contributed by atoms with E-state index in [0.717, 1.165) is 28.7 Å². The third-order valence-corrected chi connectivity index (χ3v) is 8.72. The van der Waals surface area contributed by atoms with Gasteiger partial charge in [0.05, 0.1) is 12.6 Å². The number of benzene rings is 2. The van der Waals surface area contributed by atoms with Crippen LogP contribution in [0.1, 0.15) is 47.0 Å². The van der Waals surface area contributed by atoms with Crippen molar-refractivity contribution < 1.29 is 13.2 Å². The maximum atomic E-state index is 13.7. The molecule has 1 amide bonds. The zero-order chi connectivity index (χ0) is 25.0. The number of hydrogen-bond acceptors (Lipinski definition) is 4. The molecule has 0 bridgehead atoms. The predicted octanol–water partition coefficient (Wildman–Crippen LogP) is 5.49. The summed E-state index contributed by atoms with van der Waals surface area (Å²) in [6.07, 6.45) is 2.37. The highest BCUT2D eigenvalue weighted by Crippen LogP contribution is 2.39. The Hall–Kier alpha value is -2.74. The summed E-state index contributed by atoms with van der Waals surface area (Å²) in [5.41, 5.74) is 4.15. The summed E-state index contributed by atoms with van der Waals surface area (Å²) in [7, 11) is -3.78. The Morgan fingerprint density at radius 1 is 1.09 bits per heavy atom. The van der Waals surface area contributed by atoms with E-state index in [9.17, 15) is 13.2 Å². The molecule has 1 aliphatic heterocycles. The first-order chi connectivity index (χ1) is 16.8. The van der Waals surface area contributed by atoms with Crippen LogP contribution in [0, 0.1) is 12.8 Å². The van der Waals surface area contributed by atoms with Gasteiger partial charge in [-0.25, -0.2) is 8.42 Å². The smallest absolute Gasteiger partial charge is 0.238 e. The molecule has 1 aliphatic rings. The predicted molar refractivity (Wildman–Crippen MR) is 144 cm³/mol. The monoisotopic (exact) mass is 508 g/mol. The summed E-state index contributed by atoms with van der Waals surface area (Å²) in [5, 5.41) is 3.29. The zero-order valence-electron chi connectivity index (χ0n) is 20.4. The van der Waals surface area contributed by atoms with Gasteiger partial charge in [0.2, 0.25) is 15.9 Å². The molecule has 0 radical (unpaired) electrons. The molecule has 2 heterocycles. The molecular formula is C28H32N2O3S2. The molecule has 4 rings (SSSR count). The van der Waals surface area contributed by atoms with Crippen molar-refractivity contribution in [1.29, 1.82) is 0 Å². The lowest BCUT2D eigenvalue weighted by molar-refractivity contribution is -0.133. The lowest BCUT2D eigenvalue weighted by Crippen LogP contribution is -2.47. The molecule has 35 heavy (non-hydrogen) atoms. The van der Waals surface area contributed by atoms with Crippen molar-refractivity contribution in [2.75, 3.05) is 19.6 Å². The van der Waals surface area contributed by atoms with Crippen LogP contribution in [0.4, 0.5) is 0 Å². The molecule has 0 N–H and O–H groups in total. The van der Waals surface area contributed by atoms with E-state index in [-0.39, 0.29) is 31.0 Å². The number of carbonyl (C=O) groups excluding carboxylic acids is 1. The van der Waals surface area contributed by atoms with E-state index < -0.39 is 10.0 Å². The average Bonchev–Trinajstić information content (AvgIpc) is 3.32. The van der Waals surface area contributed by atoms with Gasteiger partial charge in [0, 0.05) is 23.4 Å². The van der Waals surface area contributed by atoms with Crippen LogP contribution in [0.15, 0.2) is 71.5 Å². The molecular weight excluding hydrogens is 476 g/mol. The molecule has 0 aliphatic carbocycles. The largest absolute Gasteiger partial charge is 0.330 e. The normalized spacial score (nSPS) is 16.3. The van der Waals surface area contributed by atoms with Crippen molar-refractivity contribution in [3.8, 4) is 0 Å². The summed E-state index contributed by atoms with van der Waals surface area (Å²) < 4.78 is 27.9. The van der Waals surface area contributed by atoms with Gasteiger partial charge in [-0.1, -0.05) is 68.4 Å². The van der Waals surface area contributed by atoms with E-state index in [2.05, 4.69) is 30.5 Å². The van der Waals surface area contributed by atoms with Crippen LogP contribution in [-0.2, 0) is 21.2 Å². The molecule has 7 heteroatoms. The number of rotatable bonds is 8. The summed E-state index contributed by atoms with van der Waals surface area (Å²) in [6, 6.07) is 19.3. The number of carbonyl (C=O) groups is 1. The number of thiophene rings is 1. The minimum absolute atomic E-state index is 0.0831. The minimum Gasteiger partial charge on any atom is -0.330 e. The summed E-state index contributed by atoms with van der Waals surface area (Å²) >= 11 is 1.72. The lowest BCUT2D eigenvalue weighted by atomic mass is 9.90. The Balaban J connectivity index is 1.63. The van der Waals surface area contributed by atoms with Gasteiger partial charge in [-0.2, -0.15) is 4.31 Å². The molecule has 0 fully saturated rings. The van der Waals surface area contributed by atoms with E-state index in [1.165, 1.54) is 14.6 Å². The van der Waals surface area contributed by atoms with Gasteiger partial charge in [-0.15, -0.1) is 11.3 Å². The van der Waals surface area contributed by atoms with Crippen molar-refractivity contribution in [3.05, 3.63) is 98.6 Å². The maximum absolute atomic E-state index is 13.7. The van der Waals surface area contributed by atoms with E-state index >= 15 is 0 Å². The van der Waals surface area contributed by atoms with E-state index in [4.69, 9.17) is 0 Å². The van der Waals surface area contributed by atoms with Gasteiger partial charge in [0.25, 0.3) is 0 Å². The molecule has 184 valence electrons. The summed E-state index contributed by atoms with van der Waals surface area (Å²) in [5.74, 6) is -0.0906. The second-order valence-corrected chi connectivity index (χ2v) is 12.2. The number of nitrogens with zero attached hydrogens (tertiary/aromatic N) is 2. The number of fused-ring (bicyclic) bond motifs is 1. The lowest BCUT2D eigenvalue weighted by Gasteiger charge is -2.38. The van der Waals surface area contributed by atoms with Crippen molar-refractivity contribution in [3.63, 3.8) is 0 Å². The highest BCUT2D eigenvalue weighted by atomic mass is 32.2. The van der Waals surface area contributed by atoms with E-state index in [1.807, 2.05) is 61.2 Å². The molecule has 5 nitrogen and oxygen atoms in total. The average molecular weight is 509 g/mol. The van der Waals surface area contributed by atoms with Crippen LogP contribution in [0.25, 0.3) is 6.08 Å². The fourth-order valence-corrected chi connectivity index (χ4v) is 6.74. The van der Waals surface area contributed by atoms with Crippen LogP contribution >= 0.6 is 11.3 Å². The van der Waals surface area contributed by atoms with Gasteiger partial charge >= 0.3 is 0 Å². The van der Waals surface area contributed by atoms with Gasteiger partial charge < -0.3 is 4.90 Å². The van der Waals surface area contributed by atoms with Crippen molar-refractivity contribution in [2.24, 2.45) is 5.92 Å². The molecule has 3 aromatic rings. The maximum Gasteiger partial charge on any atom is 0.238 e. The minimum atomic E-state index is -3.78. The SMILES string of the molecule is Cc1ccccc1C1c2ccsc2CCN1C(=O)CN(CC(C)C)S(=O)(=O)/C=C/c1ccccc1. The standard InChI is InChI=1S/C28H32N2O3S2/c1-21(2)19-29(35(32,33)18-15-23-10-5-4-6-11-23)20-27(31)30-16-13-26-25(14-17-34-26)28(30)24-12-8-7-9-22(24)3/h4-12,14-15,17-18,21,28H,13,16,19-20H2,1-3H3/b18-15+. The highest BCUT2D eigenvalue weighted by molar-refractivity contribution is 7.92. The second kappa shape index (κ2) is 10.9. The first kappa shape index (κ1) is 25.4. The van der Waals surface area contributed by atoms with Crippen molar-refractivity contribution >= 4 is 33.3 Å². The Kier molecular flexibility index (Phi) is 7.89. The quantitative estimate of drug-likeness (QED) is 0.404. The molecule has 0 spiro atoms. The van der Waals surface area contributed by atoms with Crippen LogP contribution in [0.2, 0.25) is 0 Å². The number of sulfonamides is 1. The number of amides is 1. The zero-order valence-corrected chi connectivity index (χ0v) is 22.1. The number of aryl methyl sites for hydroxylation is 1. The Morgan fingerprint density at radius 3 is 2.51 bits per heavy atom. The van der Waals surface area contributed by atoms with Gasteiger partial charge in [0.1, 0.15) is 0 Å². The third-order valence-electron chi connectivity index (χ3n) is 6.24. The summed E-state index contributed by atoms with van der Waals surface area (Å²) in [4.78, 5) is 16.9. The van der Waals surface area contributed by atoms with Gasteiger partial charge in [0.15, 0.2) is 0 Å². The van der Waals surface area contributed by atoms with Crippen molar-refractivity contribution in [2.45, 2.75) is 33.2 Å². The van der Waals surface area contributed by atoms with Crippen LogP contribution in [0.5, 0.6) is 0 Å². The molecule has 0 saturated carbocycles. The van der Waals surface area contributed by atoms with Crippen molar-refractivity contribution in [1.82, 2.24) is 9.21 Å². The topological polar surface area (TPSA) is 57.7 Å². The molecule has 1 atom stereocenters. The summed E-state index contributed by atoms with van der Waals surface area (Å²) in [6.45, 7) is 6.65. The first-order valence-corrected chi connectivity index (χ1v) is 14.3. The van der Waals surface area contributed by atoms with E-state index in [1.54, 1.807) is 17.4 Å². The van der Waals surface area contributed by atoms with Gasteiger partial charge in [-0.3, -0.25) is 4.79 Å². The molecule has 1 unspecified atom stereocenters. The fourth-order valence-electron chi connectivity index (χ4n) is 4.54. The highest BCUT2D eigenvalue weighted by Gasteiger charge is 2.35. The van der Waals surface area contributed by atoms with E-state index in [0.29, 0.717) is 6.54 Å². The van der Waals surface area contributed by atoms with Crippen LogP contribution < -0.4 is 0 Å². The van der Waals surface area contributed by atoms with Gasteiger partial charge in [-0.05, 0) is 59.0 Å². The fraction of sp³-hybridized carbons (Fsp3) is 0.321. The van der Waals surface area contributed by atoms with Crippen LogP contribution in [-0.4, -0.2) is 43.2 Å². The Morgan fingerprint density at radius 2 is 1.80 bits per heavy atom. The Labute approximate surface area is 212 Å². The second-order valence-electron chi connectivity index (χ2n) is 9.34. The number of hydrogen-bond donors (Lipinski definition) is 0. The first-order valence-electron chi connectivity index (χ1n) is 11.9.